The van der Waals surface area contributed by atoms with Crippen LogP contribution in [-0.2, 0) is 14.8 Å². The molecule has 1 amide bonds. The Bertz CT molecular complexity index is 916. The summed E-state index contributed by atoms with van der Waals surface area (Å²) in [6, 6.07) is 12.2. The molecule has 0 aromatic heterocycles. The highest BCUT2D eigenvalue weighted by molar-refractivity contribution is 7.89. The molecule has 0 saturated carbocycles. The second-order valence-corrected chi connectivity index (χ2v) is 8.50. The monoisotopic (exact) mass is 391 g/mol. The van der Waals surface area contributed by atoms with Crippen LogP contribution < -0.4 is 10.6 Å². The van der Waals surface area contributed by atoms with Gasteiger partial charge in [0.15, 0.2) is 0 Å². The van der Waals surface area contributed by atoms with Gasteiger partial charge in [-0.05, 0) is 55.3 Å². The minimum Gasteiger partial charge on any atom is -0.381 e. The molecule has 27 heavy (non-hydrogen) atoms. The van der Waals surface area contributed by atoms with E-state index in [2.05, 4.69) is 10.6 Å². The molecule has 1 aliphatic rings. The Hall–Kier alpha value is -2.45. The summed E-state index contributed by atoms with van der Waals surface area (Å²) in [5, 5.41) is 5.83. The number of piperidine rings is 1. The largest absolute Gasteiger partial charge is 0.381 e. The number of amides is 1. The van der Waals surface area contributed by atoms with E-state index in [0.29, 0.717) is 24.5 Å². The fourth-order valence-corrected chi connectivity index (χ4v) is 4.68. The Morgan fingerprint density at radius 3 is 2.56 bits per heavy atom. The zero-order valence-corrected chi connectivity index (χ0v) is 15.8. The van der Waals surface area contributed by atoms with E-state index in [1.54, 1.807) is 24.3 Å². The molecule has 0 radical (unpaired) electrons. The number of anilines is 2. The number of hydrogen-bond acceptors (Lipinski definition) is 4. The van der Waals surface area contributed by atoms with Crippen molar-refractivity contribution < 1.29 is 17.6 Å². The Balaban J connectivity index is 1.71. The van der Waals surface area contributed by atoms with Crippen molar-refractivity contribution in [3.8, 4) is 0 Å². The van der Waals surface area contributed by atoms with Crippen LogP contribution in [0.25, 0.3) is 0 Å². The van der Waals surface area contributed by atoms with Crippen LogP contribution in [0.4, 0.5) is 15.8 Å². The quantitative estimate of drug-likeness (QED) is 0.821. The van der Waals surface area contributed by atoms with Gasteiger partial charge in [-0.25, -0.2) is 12.8 Å². The molecule has 1 saturated heterocycles. The molecule has 2 N–H and O–H groups in total. The normalized spacial score (nSPS) is 18.1. The van der Waals surface area contributed by atoms with Gasteiger partial charge in [-0.2, -0.15) is 4.31 Å². The van der Waals surface area contributed by atoms with Crippen molar-refractivity contribution in [2.24, 2.45) is 0 Å². The van der Waals surface area contributed by atoms with Crippen molar-refractivity contribution in [1.29, 1.82) is 0 Å². The average Bonchev–Trinajstić information content (AvgIpc) is 2.62. The van der Waals surface area contributed by atoms with E-state index >= 15 is 0 Å². The lowest BCUT2D eigenvalue weighted by Gasteiger charge is -2.33. The zero-order chi connectivity index (χ0) is 19.4. The standard InChI is InChI=1S/C19H22FN3O3S/c1-14(24)21-16-7-9-19(10-8-16)27(25,26)23-11-3-6-18(13-23)22-17-5-2-4-15(20)12-17/h2,4-5,7-10,12,18,22H,3,6,11,13H2,1H3,(H,21,24)/t18-/m1/s1. The van der Waals surface area contributed by atoms with Crippen LogP contribution in [0.3, 0.4) is 0 Å². The van der Waals surface area contributed by atoms with E-state index in [9.17, 15) is 17.6 Å². The number of nitrogens with zero attached hydrogens (tertiary/aromatic N) is 1. The zero-order valence-electron chi connectivity index (χ0n) is 15.0. The predicted molar refractivity (Wildman–Crippen MR) is 103 cm³/mol. The molecule has 0 bridgehead atoms. The lowest BCUT2D eigenvalue weighted by atomic mass is 10.1. The fraction of sp³-hybridized carbons (Fsp3) is 0.316. The lowest BCUT2D eigenvalue weighted by molar-refractivity contribution is -0.114. The highest BCUT2D eigenvalue weighted by atomic mass is 32.2. The summed E-state index contributed by atoms with van der Waals surface area (Å²) in [4.78, 5) is 11.3. The van der Waals surface area contributed by atoms with E-state index in [4.69, 9.17) is 0 Å². The summed E-state index contributed by atoms with van der Waals surface area (Å²) >= 11 is 0. The van der Waals surface area contributed by atoms with E-state index in [1.165, 1.54) is 35.5 Å². The molecule has 6 nitrogen and oxygen atoms in total. The highest BCUT2D eigenvalue weighted by Crippen LogP contribution is 2.24. The van der Waals surface area contributed by atoms with Crippen LogP contribution in [0.15, 0.2) is 53.4 Å². The summed E-state index contributed by atoms with van der Waals surface area (Å²) in [7, 11) is -3.63. The number of hydrogen-bond donors (Lipinski definition) is 2. The van der Waals surface area contributed by atoms with Gasteiger partial charge < -0.3 is 10.6 Å². The maximum Gasteiger partial charge on any atom is 0.243 e. The molecule has 144 valence electrons. The molecule has 0 spiro atoms. The summed E-state index contributed by atoms with van der Waals surface area (Å²) < 4.78 is 40.6. The number of carbonyl (C=O) groups excluding carboxylic acids is 1. The van der Waals surface area contributed by atoms with Crippen LogP contribution in [0, 0.1) is 5.82 Å². The molecule has 8 heteroatoms. The molecule has 3 rings (SSSR count). The van der Waals surface area contributed by atoms with Gasteiger partial charge in [-0.3, -0.25) is 4.79 Å². The van der Waals surface area contributed by atoms with Gasteiger partial charge in [0, 0.05) is 37.4 Å². The summed E-state index contributed by atoms with van der Waals surface area (Å²) in [5.74, 6) is -0.549. The first-order valence-electron chi connectivity index (χ1n) is 8.74. The first-order valence-corrected chi connectivity index (χ1v) is 10.2. The molecule has 1 fully saturated rings. The van der Waals surface area contributed by atoms with Crippen molar-refractivity contribution in [3.63, 3.8) is 0 Å². The SMILES string of the molecule is CC(=O)Nc1ccc(S(=O)(=O)N2CCC[C@@H](Nc3cccc(F)c3)C2)cc1. The first kappa shape index (κ1) is 19.3. The van der Waals surface area contributed by atoms with Gasteiger partial charge in [0.05, 0.1) is 4.90 Å². The van der Waals surface area contributed by atoms with E-state index in [-0.39, 0.29) is 22.7 Å². The molecule has 0 aliphatic carbocycles. The second-order valence-electron chi connectivity index (χ2n) is 6.56. The van der Waals surface area contributed by atoms with E-state index in [0.717, 1.165) is 12.8 Å². The highest BCUT2D eigenvalue weighted by Gasteiger charge is 2.30. The van der Waals surface area contributed by atoms with Crippen LogP contribution in [-0.4, -0.2) is 37.8 Å². The Morgan fingerprint density at radius 1 is 1.15 bits per heavy atom. The molecular formula is C19H22FN3O3S. The molecule has 1 aliphatic heterocycles. The molecule has 0 unspecified atom stereocenters. The van der Waals surface area contributed by atoms with E-state index in [1.807, 2.05) is 0 Å². The van der Waals surface area contributed by atoms with Gasteiger partial charge >= 0.3 is 0 Å². The second kappa shape index (κ2) is 8.06. The Morgan fingerprint density at radius 2 is 1.89 bits per heavy atom. The molecule has 2 aromatic carbocycles. The average molecular weight is 391 g/mol. The van der Waals surface area contributed by atoms with E-state index < -0.39 is 10.0 Å². The Kier molecular flexibility index (Phi) is 5.76. The van der Waals surface area contributed by atoms with Gasteiger partial charge in [0.1, 0.15) is 5.82 Å². The minimum atomic E-state index is -3.63. The molecule has 2 aromatic rings. The molecule has 1 atom stereocenters. The number of carbonyl (C=O) groups is 1. The van der Waals surface area contributed by atoms with Gasteiger partial charge in [-0.15, -0.1) is 0 Å². The third kappa shape index (κ3) is 4.84. The lowest BCUT2D eigenvalue weighted by Crippen LogP contribution is -2.45. The number of benzene rings is 2. The Labute approximate surface area is 158 Å². The van der Waals surface area contributed by atoms with Crippen LogP contribution in [0.1, 0.15) is 19.8 Å². The van der Waals surface area contributed by atoms with Crippen LogP contribution in [0.5, 0.6) is 0 Å². The summed E-state index contributed by atoms with van der Waals surface area (Å²) in [5.41, 5.74) is 1.18. The van der Waals surface area contributed by atoms with Crippen molar-refractivity contribution in [2.75, 3.05) is 23.7 Å². The predicted octanol–water partition coefficient (Wildman–Crippen LogP) is 3.05. The van der Waals surface area contributed by atoms with Crippen molar-refractivity contribution in [1.82, 2.24) is 4.31 Å². The third-order valence-electron chi connectivity index (χ3n) is 4.39. The molecular weight excluding hydrogens is 369 g/mol. The number of halogens is 1. The van der Waals surface area contributed by atoms with Crippen molar-refractivity contribution >= 4 is 27.3 Å². The summed E-state index contributed by atoms with van der Waals surface area (Å²) in [6.07, 6.45) is 1.53. The van der Waals surface area contributed by atoms with Crippen LogP contribution >= 0.6 is 0 Å². The van der Waals surface area contributed by atoms with Gasteiger partial charge in [-0.1, -0.05) is 6.07 Å². The first-order chi connectivity index (χ1) is 12.8. The maximum absolute atomic E-state index is 13.3. The number of nitrogens with one attached hydrogen (secondary N) is 2. The fourth-order valence-electron chi connectivity index (χ4n) is 3.16. The smallest absolute Gasteiger partial charge is 0.243 e. The summed E-state index contributed by atoms with van der Waals surface area (Å²) in [6.45, 7) is 2.15. The van der Waals surface area contributed by atoms with Crippen molar-refractivity contribution in [2.45, 2.75) is 30.7 Å². The maximum atomic E-state index is 13.3. The molecule has 1 heterocycles. The van der Waals surface area contributed by atoms with Crippen molar-refractivity contribution in [3.05, 3.63) is 54.3 Å². The van der Waals surface area contributed by atoms with Gasteiger partial charge in [0.25, 0.3) is 0 Å². The minimum absolute atomic E-state index is 0.0889. The topological polar surface area (TPSA) is 78.5 Å². The van der Waals surface area contributed by atoms with Gasteiger partial charge in [0.2, 0.25) is 15.9 Å². The number of sulfonamides is 1. The van der Waals surface area contributed by atoms with Crippen LogP contribution in [0.2, 0.25) is 0 Å². The third-order valence-corrected chi connectivity index (χ3v) is 6.27. The number of rotatable bonds is 5.